The van der Waals surface area contributed by atoms with Crippen LogP contribution in [0.15, 0.2) is 4.52 Å². The molecule has 0 saturated carbocycles. The molecule has 1 N–H and O–H groups in total. The molecule has 0 radical (unpaired) electrons. The van der Waals surface area contributed by atoms with Gasteiger partial charge in [0.2, 0.25) is 0 Å². The molecule has 4 heterocycles. The lowest BCUT2D eigenvalue weighted by Gasteiger charge is -2.31. The Kier molecular flexibility index (Phi) is 3.50. The van der Waals surface area contributed by atoms with Gasteiger partial charge in [-0.15, -0.1) is 0 Å². The molecule has 3 aliphatic heterocycles. The average molecular weight is 308 g/mol. The first kappa shape index (κ1) is 14.0. The molecule has 8 nitrogen and oxygen atoms in total. The molecule has 120 valence electrons. The second-order valence-corrected chi connectivity index (χ2v) is 6.21. The van der Waals surface area contributed by atoms with Crippen LogP contribution in [0, 0.1) is 0 Å². The zero-order valence-electron chi connectivity index (χ0n) is 12.4. The summed E-state index contributed by atoms with van der Waals surface area (Å²) in [6.45, 7) is 3.41. The van der Waals surface area contributed by atoms with E-state index in [2.05, 4.69) is 15.5 Å². The third-order valence-corrected chi connectivity index (χ3v) is 4.58. The molecule has 8 heteroatoms. The minimum absolute atomic E-state index is 0.0949. The van der Waals surface area contributed by atoms with Crippen molar-refractivity contribution in [1.82, 2.24) is 20.4 Å². The minimum atomic E-state index is -0.344. The van der Waals surface area contributed by atoms with Crippen molar-refractivity contribution in [3.8, 4) is 0 Å². The molecule has 3 saturated heterocycles. The monoisotopic (exact) mass is 308 g/mol. The van der Waals surface area contributed by atoms with E-state index in [1.807, 2.05) is 0 Å². The summed E-state index contributed by atoms with van der Waals surface area (Å²) >= 11 is 0. The number of ether oxygens (including phenoxy) is 2. The van der Waals surface area contributed by atoms with Gasteiger partial charge in [0.1, 0.15) is 11.7 Å². The van der Waals surface area contributed by atoms with Crippen LogP contribution in [0.3, 0.4) is 0 Å². The quantitative estimate of drug-likeness (QED) is 0.890. The van der Waals surface area contributed by atoms with Crippen molar-refractivity contribution < 1.29 is 18.8 Å². The van der Waals surface area contributed by atoms with E-state index >= 15 is 0 Å². The summed E-state index contributed by atoms with van der Waals surface area (Å²) in [5, 5.41) is 7.25. The van der Waals surface area contributed by atoms with Crippen molar-refractivity contribution in [3.05, 3.63) is 11.7 Å². The van der Waals surface area contributed by atoms with Gasteiger partial charge in [-0.25, -0.2) is 4.79 Å². The summed E-state index contributed by atoms with van der Waals surface area (Å²) in [4.78, 5) is 18.1. The van der Waals surface area contributed by atoms with Crippen LogP contribution in [0.1, 0.15) is 43.5 Å². The van der Waals surface area contributed by atoms with Gasteiger partial charge in [0, 0.05) is 19.4 Å². The van der Waals surface area contributed by atoms with Crippen LogP contribution in [0.25, 0.3) is 0 Å². The van der Waals surface area contributed by atoms with Crippen molar-refractivity contribution >= 4 is 6.09 Å². The van der Waals surface area contributed by atoms with Gasteiger partial charge < -0.3 is 19.3 Å². The number of carbonyl (C=O) groups excluding carboxylic acids is 1. The molecule has 1 atom stereocenters. The lowest BCUT2D eigenvalue weighted by molar-refractivity contribution is 0.0316. The van der Waals surface area contributed by atoms with E-state index in [1.54, 1.807) is 4.90 Å². The highest BCUT2D eigenvalue weighted by Crippen LogP contribution is 2.32. The molecule has 1 unspecified atom stereocenters. The van der Waals surface area contributed by atoms with E-state index in [4.69, 9.17) is 14.0 Å². The highest BCUT2D eigenvalue weighted by molar-refractivity contribution is 5.70. The Morgan fingerprint density at radius 1 is 1.36 bits per heavy atom. The lowest BCUT2D eigenvalue weighted by Crippen LogP contribution is -2.44. The fraction of sp³-hybridized carbons (Fsp3) is 0.786. The molecule has 0 aliphatic carbocycles. The maximum atomic E-state index is 12.1. The van der Waals surface area contributed by atoms with Crippen molar-refractivity contribution in [1.29, 1.82) is 0 Å². The minimum Gasteiger partial charge on any atom is -0.441 e. The summed E-state index contributed by atoms with van der Waals surface area (Å²) in [6, 6.07) is 0. The van der Waals surface area contributed by atoms with Gasteiger partial charge in [-0.2, -0.15) is 4.98 Å². The van der Waals surface area contributed by atoms with Crippen LogP contribution >= 0.6 is 0 Å². The summed E-state index contributed by atoms with van der Waals surface area (Å²) in [5.74, 6) is 1.02. The molecule has 22 heavy (non-hydrogen) atoms. The number of piperidine rings is 1. The zero-order chi connectivity index (χ0) is 15.0. The second kappa shape index (κ2) is 5.51. The van der Waals surface area contributed by atoms with E-state index in [0.717, 1.165) is 45.4 Å². The standard InChI is InChI=1S/C14H20N4O4/c19-13-18(9-14(21-13)3-5-15-6-4-14)8-11-16-12(22-17-11)10-2-1-7-20-10/h10,15H,1-9H2. The molecule has 1 amide bonds. The van der Waals surface area contributed by atoms with E-state index in [0.29, 0.717) is 24.8 Å². The fourth-order valence-corrected chi connectivity index (χ4v) is 3.36. The van der Waals surface area contributed by atoms with Crippen LogP contribution in [0.5, 0.6) is 0 Å². The van der Waals surface area contributed by atoms with Crippen LogP contribution in [0.2, 0.25) is 0 Å². The van der Waals surface area contributed by atoms with Crippen LogP contribution in [-0.4, -0.2) is 53.0 Å². The SMILES string of the molecule is O=C1OC2(CCNCC2)CN1Cc1noc(C2CCCO2)n1. The Balaban J connectivity index is 1.41. The Morgan fingerprint density at radius 3 is 3.00 bits per heavy atom. The maximum Gasteiger partial charge on any atom is 0.410 e. The summed E-state index contributed by atoms with van der Waals surface area (Å²) < 4.78 is 16.4. The number of hydrogen-bond acceptors (Lipinski definition) is 7. The first-order valence-electron chi connectivity index (χ1n) is 7.87. The van der Waals surface area contributed by atoms with Gasteiger partial charge in [-0.1, -0.05) is 5.16 Å². The third-order valence-electron chi connectivity index (χ3n) is 4.58. The van der Waals surface area contributed by atoms with E-state index < -0.39 is 0 Å². The van der Waals surface area contributed by atoms with Gasteiger partial charge in [0.05, 0.1) is 13.1 Å². The molecule has 3 fully saturated rings. The van der Waals surface area contributed by atoms with Gasteiger partial charge in [-0.3, -0.25) is 4.90 Å². The highest BCUT2D eigenvalue weighted by Gasteiger charge is 2.46. The molecular weight excluding hydrogens is 288 g/mol. The Bertz CT molecular complexity index is 549. The molecular formula is C14H20N4O4. The number of carbonyl (C=O) groups is 1. The van der Waals surface area contributed by atoms with Gasteiger partial charge in [0.15, 0.2) is 5.82 Å². The van der Waals surface area contributed by atoms with Crippen molar-refractivity contribution in [2.45, 2.75) is 43.9 Å². The first-order chi connectivity index (χ1) is 10.7. The van der Waals surface area contributed by atoms with Gasteiger partial charge in [-0.05, 0) is 25.9 Å². The third kappa shape index (κ3) is 2.56. The molecule has 1 aromatic heterocycles. The smallest absolute Gasteiger partial charge is 0.410 e. The summed E-state index contributed by atoms with van der Waals surface area (Å²) in [5.41, 5.74) is -0.344. The molecule has 1 spiro atoms. The first-order valence-corrected chi connectivity index (χ1v) is 7.87. The van der Waals surface area contributed by atoms with E-state index in [-0.39, 0.29) is 17.8 Å². The number of aromatic nitrogens is 2. The number of hydrogen-bond donors (Lipinski definition) is 1. The normalized spacial score (nSPS) is 27.5. The Morgan fingerprint density at radius 2 is 2.23 bits per heavy atom. The molecule has 0 aromatic carbocycles. The lowest BCUT2D eigenvalue weighted by atomic mass is 9.92. The van der Waals surface area contributed by atoms with Gasteiger partial charge in [0.25, 0.3) is 5.89 Å². The predicted molar refractivity (Wildman–Crippen MR) is 74.0 cm³/mol. The fourth-order valence-electron chi connectivity index (χ4n) is 3.36. The summed E-state index contributed by atoms with van der Waals surface area (Å²) in [6.07, 6.45) is 3.24. The van der Waals surface area contributed by atoms with E-state index in [9.17, 15) is 4.79 Å². The zero-order valence-corrected chi connectivity index (χ0v) is 12.4. The topological polar surface area (TPSA) is 89.7 Å². The highest BCUT2D eigenvalue weighted by atomic mass is 16.6. The average Bonchev–Trinajstić information content (AvgIpc) is 3.22. The molecule has 3 aliphatic rings. The number of nitrogens with one attached hydrogen (secondary N) is 1. The number of amides is 1. The van der Waals surface area contributed by atoms with E-state index in [1.165, 1.54) is 0 Å². The van der Waals surface area contributed by atoms with Crippen molar-refractivity contribution in [2.24, 2.45) is 0 Å². The van der Waals surface area contributed by atoms with Crippen molar-refractivity contribution in [2.75, 3.05) is 26.2 Å². The van der Waals surface area contributed by atoms with Crippen LogP contribution < -0.4 is 5.32 Å². The van der Waals surface area contributed by atoms with Gasteiger partial charge >= 0.3 is 6.09 Å². The summed E-state index contributed by atoms with van der Waals surface area (Å²) in [7, 11) is 0. The Hall–Kier alpha value is -1.67. The predicted octanol–water partition coefficient (Wildman–Crippen LogP) is 0.995. The second-order valence-electron chi connectivity index (χ2n) is 6.21. The molecule has 0 bridgehead atoms. The molecule has 1 aromatic rings. The number of nitrogens with zero attached hydrogens (tertiary/aromatic N) is 3. The number of rotatable bonds is 3. The maximum absolute atomic E-state index is 12.1. The van der Waals surface area contributed by atoms with Crippen molar-refractivity contribution in [3.63, 3.8) is 0 Å². The molecule has 4 rings (SSSR count). The van der Waals surface area contributed by atoms with Crippen LogP contribution in [-0.2, 0) is 16.0 Å². The largest absolute Gasteiger partial charge is 0.441 e. The Labute approximate surface area is 128 Å². The van der Waals surface area contributed by atoms with Crippen LogP contribution in [0.4, 0.5) is 4.79 Å².